The molecule has 0 aromatic rings. The first kappa shape index (κ1) is 26.2. The van der Waals surface area contributed by atoms with Crippen LogP contribution < -0.4 is 0 Å². The predicted molar refractivity (Wildman–Crippen MR) is 110 cm³/mol. The number of ether oxygens (including phenoxy) is 2. The molecule has 1 unspecified atom stereocenters. The molecule has 0 bridgehead atoms. The van der Waals surface area contributed by atoms with Gasteiger partial charge in [-0.3, -0.25) is 9.59 Å². The fraction of sp³-hybridized carbons (Fsp3) is 0.864. The van der Waals surface area contributed by atoms with Gasteiger partial charge in [-0.05, 0) is 52.4 Å². The Morgan fingerprint density at radius 1 is 1.04 bits per heavy atom. The number of esters is 2. The van der Waals surface area contributed by atoms with Crippen molar-refractivity contribution in [3.63, 3.8) is 0 Å². The van der Waals surface area contributed by atoms with E-state index in [0.717, 1.165) is 70.8 Å². The number of rotatable bonds is 16. The van der Waals surface area contributed by atoms with Gasteiger partial charge < -0.3 is 14.4 Å². The molecule has 0 radical (unpaired) electrons. The maximum Gasteiger partial charge on any atom is 0.311 e. The molecule has 0 N–H and O–H groups in total. The molecule has 0 spiro atoms. The summed E-state index contributed by atoms with van der Waals surface area (Å²) in [4.78, 5) is 24.7. The summed E-state index contributed by atoms with van der Waals surface area (Å²) in [5.41, 5.74) is -0.451. The Hall–Kier alpha value is -1.77. The largest absolute Gasteiger partial charge is 0.469 e. The minimum Gasteiger partial charge on any atom is -0.469 e. The number of hydrogen-bond donors (Lipinski definition) is 0. The second-order valence-electron chi connectivity index (χ2n) is 8.14. The van der Waals surface area contributed by atoms with Crippen LogP contribution in [-0.2, 0) is 19.1 Å². The molecule has 0 aliphatic carbocycles. The smallest absolute Gasteiger partial charge is 0.311 e. The maximum absolute atomic E-state index is 11.7. The second kappa shape index (κ2) is 15.2. The molecule has 6 nitrogen and oxygen atoms in total. The monoisotopic (exact) mass is 396 g/mol. The number of carbonyl (C=O) groups is 2. The fourth-order valence-corrected chi connectivity index (χ4v) is 3.27. The predicted octanol–water partition coefficient (Wildman–Crippen LogP) is 4.82. The molecule has 6 heteroatoms. The van der Waals surface area contributed by atoms with Gasteiger partial charge in [0.25, 0.3) is 0 Å². The highest BCUT2D eigenvalue weighted by Gasteiger charge is 2.27. The van der Waals surface area contributed by atoms with Crippen LogP contribution in [0.1, 0.15) is 91.9 Å². The molecule has 0 rings (SSSR count). The Labute approximate surface area is 171 Å². The molecule has 162 valence electrons. The van der Waals surface area contributed by atoms with Crippen molar-refractivity contribution < 1.29 is 19.1 Å². The van der Waals surface area contributed by atoms with Crippen molar-refractivity contribution in [2.24, 2.45) is 5.41 Å². The fourth-order valence-electron chi connectivity index (χ4n) is 3.27. The van der Waals surface area contributed by atoms with E-state index < -0.39 is 5.41 Å². The zero-order chi connectivity index (χ0) is 21.4. The molecule has 0 aromatic heterocycles. The third-order valence-electron chi connectivity index (χ3n) is 5.03. The van der Waals surface area contributed by atoms with Gasteiger partial charge in [-0.2, -0.15) is 5.26 Å². The summed E-state index contributed by atoms with van der Waals surface area (Å²) in [7, 11) is 1.42. The van der Waals surface area contributed by atoms with E-state index in [1.807, 2.05) is 13.8 Å². The lowest BCUT2D eigenvalue weighted by Gasteiger charge is -2.21. The molecule has 1 atom stereocenters. The number of methoxy groups -OCH3 is 1. The van der Waals surface area contributed by atoms with E-state index in [1.165, 1.54) is 14.0 Å². The summed E-state index contributed by atoms with van der Waals surface area (Å²) in [6, 6.07) is 0. The Balaban J connectivity index is 4.08. The van der Waals surface area contributed by atoms with Crippen molar-refractivity contribution in [1.82, 2.24) is 4.90 Å². The van der Waals surface area contributed by atoms with E-state index in [2.05, 4.69) is 13.1 Å². The van der Waals surface area contributed by atoms with E-state index in [-0.39, 0.29) is 18.0 Å². The van der Waals surface area contributed by atoms with Gasteiger partial charge in [-0.1, -0.05) is 32.6 Å². The number of hydrogen-bond acceptors (Lipinski definition) is 6. The third-order valence-corrected chi connectivity index (χ3v) is 5.03. The lowest BCUT2D eigenvalue weighted by molar-refractivity contribution is -0.151. The number of unbranched alkanes of at least 4 members (excludes halogenated alkanes) is 4. The normalized spacial score (nSPS) is 12.1. The first-order valence-corrected chi connectivity index (χ1v) is 10.7. The topological polar surface area (TPSA) is 79.6 Å². The third kappa shape index (κ3) is 12.6. The molecule has 0 saturated carbocycles. The number of nitriles is 1. The van der Waals surface area contributed by atoms with Crippen molar-refractivity contribution in [3.8, 4) is 6.19 Å². The van der Waals surface area contributed by atoms with Crippen LogP contribution in [0.5, 0.6) is 0 Å². The SMILES string of the molecule is CCCCCC(CCCN(C#N)CCCCCC(C)(C)C(=O)OC)OC(C)=O. The second-order valence-corrected chi connectivity index (χ2v) is 8.14. The van der Waals surface area contributed by atoms with Gasteiger partial charge in [0.1, 0.15) is 6.10 Å². The molecule has 0 amide bonds. The van der Waals surface area contributed by atoms with Crippen molar-refractivity contribution in [1.29, 1.82) is 5.26 Å². The zero-order valence-corrected chi connectivity index (χ0v) is 18.6. The molecule has 0 aliphatic heterocycles. The van der Waals surface area contributed by atoms with Crippen LogP contribution in [0.25, 0.3) is 0 Å². The van der Waals surface area contributed by atoms with Crippen LogP contribution in [0.4, 0.5) is 0 Å². The molecule has 28 heavy (non-hydrogen) atoms. The molecule has 0 aliphatic rings. The van der Waals surface area contributed by atoms with E-state index in [4.69, 9.17) is 9.47 Å². The van der Waals surface area contributed by atoms with Crippen molar-refractivity contribution in [3.05, 3.63) is 0 Å². The molecule has 0 fully saturated rings. The van der Waals surface area contributed by atoms with E-state index in [1.54, 1.807) is 4.90 Å². The first-order valence-electron chi connectivity index (χ1n) is 10.7. The van der Waals surface area contributed by atoms with Gasteiger partial charge in [0.2, 0.25) is 0 Å². The van der Waals surface area contributed by atoms with Gasteiger partial charge >= 0.3 is 11.9 Å². The number of carbonyl (C=O) groups excluding carboxylic acids is 2. The maximum atomic E-state index is 11.7. The van der Waals surface area contributed by atoms with Gasteiger partial charge in [-0.15, -0.1) is 0 Å². The Morgan fingerprint density at radius 3 is 2.25 bits per heavy atom. The molecular formula is C22H40N2O4. The minimum atomic E-state index is -0.451. The molecule has 0 aromatic carbocycles. The first-order chi connectivity index (χ1) is 13.3. The van der Waals surface area contributed by atoms with E-state index in [9.17, 15) is 14.9 Å². The van der Waals surface area contributed by atoms with Gasteiger partial charge in [0.05, 0.1) is 12.5 Å². The van der Waals surface area contributed by atoms with Crippen molar-refractivity contribution >= 4 is 11.9 Å². The van der Waals surface area contributed by atoms with Crippen LogP contribution in [0.15, 0.2) is 0 Å². The quantitative estimate of drug-likeness (QED) is 0.161. The molecular weight excluding hydrogens is 356 g/mol. The summed E-state index contributed by atoms with van der Waals surface area (Å²) >= 11 is 0. The van der Waals surface area contributed by atoms with Crippen LogP contribution in [0, 0.1) is 16.9 Å². The standard InChI is InChI=1S/C22H40N2O4/c1-6-7-9-13-20(28-19(2)25)14-12-17-24(18-23)16-11-8-10-15-22(3,4)21(26)27-5/h20H,6-17H2,1-5H3. The molecule has 0 saturated heterocycles. The summed E-state index contributed by atoms with van der Waals surface area (Å²) in [6.07, 6.45) is 11.7. The summed E-state index contributed by atoms with van der Waals surface area (Å²) < 4.78 is 10.2. The summed E-state index contributed by atoms with van der Waals surface area (Å²) in [5, 5.41) is 9.33. The Morgan fingerprint density at radius 2 is 1.68 bits per heavy atom. The Kier molecular flexibility index (Phi) is 14.2. The molecule has 0 heterocycles. The van der Waals surface area contributed by atoms with Crippen LogP contribution in [0.3, 0.4) is 0 Å². The van der Waals surface area contributed by atoms with E-state index in [0.29, 0.717) is 6.54 Å². The van der Waals surface area contributed by atoms with Crippen LogP contribution in [0.2, 0.25) is 0 Å². The van der Waals surface area contributed by atoms with Gasteiger partial charge in [-0.25, -0.2) is 0 Å². The van der Waals surface area contributed by atoms with Gasteiger partial charge in [0.15, 0.2) is 6.19 Å². The lowest BCUT2D eigenvalue weighted by atomic mass is 9.87. The average molecular weight is 397 g/mol. The highest BCUT2D eigenvalue weighted by molar-refractivity contribution is 5.75. The van der Waals surface area contributed by atoms with Crippen molar-refractivity contribution in [2.75, 3.05) is 20.2 Å². The number of nitrogens with zero attached hydrogens (tertiary/aromatic N) is 2. The lowest BCUT2D eigenvalue weighted by Crippen LogP contribution is -2.25. The zero-order valence-electron chi connectivity index (χ0n) is 18.6. The van der Waals surface area contributed by atoms with Crippen LogP contribution >= 0.6 is 0 Å². The summed E-state index contributed by atoms with van der Waals surface area (Å²) in [5.74, 6) is -0.402. The Bertz CT molecular complexity index is 485. The van der Waals surface area contributed by atoms with Crippen molar-refractivity contribution in [2.45, 2.75) is 98.0 Å². The average Bonchev–Trinajstić information content (AvgIpc) is 2.64. The van der Waals surface area contributed by atoms with Crippen LogP contribution in [-0.4, -0.2) is 43.1 Å². The van der Waals surface area contributed by atoms with E-state index >= 15 is 0 Å². The minimum absolute atomic E-state index is 0.0369. The highest BCUT2D eigenvalue weighted by atomic mass is 16.5. The highest BCUT2D eigenvalue weighted by Crippen LogP contribution is 2.25. The summed E-state index contributed by atoms with van der Waals surface area (Å²) in [6.45, 7) is 8.83. The van der Waals surface area contributed by atoms with Gasteiger partial charge in [0, 0.05) is 20.0 Å².